The average molecular weight is 462 g/mol. The number of benzene rings is 2. The van der Waals surface area contributed by atoms with Gasteiger partial charge in [-0.25, -0.2) is 0 Å². The van der Waals surface area contributed by atoms with Crippen molar-refractivity contribution in [2.45, 2.75) is 32.2 Å². The van der Waals surface area contributed by atoms with Gasteiger partial charge in [0.15, 0.2) is 0 Å². The number of methoxy groups -OCH3 is 1. The Kier molecular flexibility index (Phi) is 9.94. The normalized spacial score (nSPS) is 11.6. The lowest BCUT2D eigenvalue weighted by Gasteiger charge is -2.10. The van der Waals surface area contributed by atoms with Crippen molar-refractivity contribution < 1.29 is 32.9 Å². The Bertz CT molecular complexity index is 991. The van der Waals surface area contributed by atoms with Crippen LogP contribution in [0.5, 0.6) is 11.5 Å². The van der Waals surface area contributed by atoms with Crippen molar-refractivity contribution in [3.05, 3.63) is 59.9 Å². The van der Waals surface area contributed by atoms with Crippen molar-refractivity contribution in [1.29, 1.82) is 0 Å². The van der Waals surface area contributed by atoms with Gasteiger partial charge in [0.2, 0.25) is 0 Å². The molecule has 1 heterocycles. The summed E-state index contributed by atoms with van der Waals surface area (Å²) in [5, 5.41) is 4.12. The Morgan fingerprint density at radius 1 is 1.09 bits per heavy atom. The highest BCUT2D eigenvalue weighted by Crippen LogP contribution is 2.30. The molecule has 1 unspecified atom stereocenters. The fraction of sp³-hybridized carbons (Fsp3) is 0.391. The molecule has 0 fully saturated rings. The van der Waals surface area contributed by atoms with E-state index in [0.29, 0.717) is 19.7 Å². The Morgan fingerprint density at radius 2 is 2.00 bits per heavy atom. The minimum Gasteiger partial charge on any atom is -0.497 e. The number of furan rings is 1. The van der Waals surface area contributed by atoms with E-state index >= 15 is 0 Å². The molecule has 3 aromatic rings. The smallest absolute Gasteiger partial charge is 0.497 e. The molecule has 0 aliphatic carbocycles. The molecule has 2 aromatic carbocycles. The number of aryl methyl sites for hydroxylation is 1. The quantitative estimate of drug-likeness (QED) is 0.142. The van der Waals surface area contributed by atoms with Gasteiger partial charge in [-0.3, -0.25) is 0 Å². The number of nitrogens with one attached hydrogen (secondary N) is 1. The van der Waals surface area contributed by atoms with Gasteiger partial charge in [0, 0.05) is 23.2 Å². The van der Waals surface area contributed by atoms with Gasteiger partial charge in [-0.2, -0.15) is 4.89 Å². The number of fused-ring (bicyclic) bond motifs is 1. The predicted molar refractivity (Wildman–Crippen MR) is 121 cm³/mol. The monoisotopic (exact) mass is 462 g/mol. The van der Waals surface area contributed by atoms with Gasteiger partial charge < -0.3 is 19.2 Å². The van der Waals surface area contributed by atoms with Crippen molar-refractivity contribution in [1.82, 2.24) is 5.32 Å². The van der Waals surface area contributed by atoms with Crippen LogP contribution in [0.1, 0.15) is 30.4 Å². The molecule has 0 spiro atoms. The molecule has 1 atom stereocenters. The van der Waals surface area contributed by atoms with Crippen molar-refractivity contribution >= 4 is 19.2 Å². The first-order chi connectivity index (χ1) is 15.7. The van der Waals surface area contributed by atoms with Gasteiger partial charge >= 0.3 is 8.25 Å². The van der Waals surface area contributed by atoms with Crippen LogP contribution in [-0.2, 0) is 27.1 Å². The molecule has 0 saturated heterocycles. The molecular weight excluding hydrogens is 433 g/mol. The summed E-state index contributed by atoms with van der Waals surface area (Å²) in [6, 6.07) is 14.0. The van der Waals surface area contributed by atoms with Gasteiger partial charge in [0.1, 0.15) is 17.1 Å². The predicted octanol–water partition coefficient (Wildman–Crippen LogP) is 4.92. The SMILES string of the molecule is COc1cccc(CCCCCOc2ccc(CNCCOO[P+](=O)O)c3occc23)c1. The highest BCUT2D eigenvalue weighted by atomic mass is 31.1. The molecule has 3 rings (SSSR count). The van der Waals surface area contributed by atoms with E-state index < -0.39 is 8.25 Å². The van der Waals surface area contributed by atoms with Crippen LogP contribution in [0.3, 0.4) is 0 Å². The van der Waals surface area contributed by atoms with Gasteiger partial charge in [-0.1, -0.05) is 18.2 Å². The summed E-state index contributed by atoms with van der Waals surface area (Å²) in [5.74, 6) is 1.71. The summed E-state index contributed by atoms with van der Waals surface area (Å²) in [4.78, 5) is 13.1. The van der Waals surface area contributed by atoms with Crippen LogP contribution in [0.25, 0.3) is 11.0 Å². The summed E-state index contributed by atoms with van der Waals surface area (Å²) >= 11 is 0. The van der Waals surface area contributed by atoms with Gasteiger partial charge in [0.25, 0.3) is 0 Å². The summed E-state index contributed by atoms with van der Waals surface area (Å²) in [7, 11) is -1.05. The third-order valence-corrected chi connectivity index (χ3v) is 5.19. The average Bonchev–Trinajstić information content (AvgIpc) is 3.29. The second-order valence-corrected chi connectivity index (χ2v) is 7.83. The lowest BCUT2D eigenvalue weighted by molar-refractivity contribution is -0.205. The van der Waals surface area contributed by atoms with E-state index in [9.17, 15) is 4.57 Å². The van der Waals surface area contributed by atoms with Crippen molar-refractivity contribution in [2.24, 2.45) is 0 Å². The highest BCUT2D eigenvalue weighted by Gasteiger charge is 2.13. The van der Waals surface area contributed by atoms with E-state index in [4.69, 9.17) is 18.8 Å². The maximum Gasteiger partial charge on any atom is 0.725 e. The molecular formula is C23H29NO7P+. The third-order valence-electron chi connectivity index (χ3n) is 4.95. The lowest BCUT2D eigenvalue weighted by atomic mass is 10.1. The Hall–Kier alpha value is -2.48. The van der Waals surface area contributed by atoms with E-state index in [1.807, 2.05) is 30.3 Å². The number of unbranched alkanes of at least 4 members (excludes halogenated alkanes) is 2. The zero-order valence-electron chi connectivity index (χ0n) is 18.1. The first-order valence-electron chi connectivity index (χ1n) is 10.6. The molecule has 8 nitrogen and oxygen atoms in total. The molecule has 1 aromatic heterocycles. The number of ether oxygens (including phenoxy) is 2. The summed E-state index contributed by atoms with van der Waals surface area (Å²) < 4.78 is 31.4. The van der Waals surface area contributed by atoms with E-state index in [0.717, 1.165) is 53.7 Å². The van der Waals surface area contributed by atoms with Crippen LogP contribution in [-0.4, -0.2) is 31.8 Å². The van der Waals surface area contributed by atoms with E-state index in [-0.39, 0.29) is 6.61 Å². The van der Waals surface area contributed by atoms with E-state index in [1.54, 1.807) is 13.4 Å². The summed E-state index contributed by atoms with van der Waals surface area (Å²) in [5.41, 5.74) is 3.06. The van der Waals surface area contributed by atoms with Crippen molar-refractivity contribution in [2.75, 3.05) is 26.9 Å². The zero-order chi connectivity index (χ0) is 22.6. The molecule has 32 heavy (non-hydrogen) atoms. The molecule has 9 heteroatoms. The molecule has 0 saturated carbocycles. The van der Waals surface area contributed by atoms with Gasteiger partial charge in [-0.05, 0) is 55.5 Å². The van der Waals surface area contributed by atoms with Crippen molar-refractivity contribution in [3.63, 3.8) is 0 Å². The van der Waals surface area contributed by atoms with Crippen molar-refractivity contribution in [3.8, 4) is 11.5 Å². The molecule has 2 N–H and O–H groups in total. The topological polar surface area (TPSA) is 99.4 Å². The maximum atomic E-state index is 10.4. The fourth-order valence-corrected chi connectivity index (χ4v) is 3.56. The Morgan fingerprint density at radius 3 is 2.84 bits per heavy atom. The largest absolute Gasteiger partial charge is 0.725 e. The van der Waals surface area contributed by atoms with E-state index in [1.165, 1.54) is 5.56 Å². The van der Waals surface area contributed by atoms with Crippen LogP contribution in [0.4, 0.5) is 0 Å². The van der Waals surface area contributed by atoms with Gasteiger partial charge in [-0.15, -0.1) is 4.89 Å². The standard InChI is InChI=1S/C23H28NO7P/c1-27-20-8-5-7-18(16-20)6-3-2-4-13-28-22-10-9-19(23-21(22)11-14-29-23)17-24-12-15-30-31-32(25)26/h5,7-11,14,16,24H,2-4,6,12-13,15,17H2,1H3/p+1. The first-order valence-corrected chi connectivity index (χ1v) is 11.7. The van der Waals surface area contributed by atoms with Crippen LogP contribution < -0.4 is 14.8 Å². The molecule has 0 amide bonds. The molecule has 0 aliphatic heterocycles. The summed E-state index contributed by atoms with van der Waals surface area (Å²) in [6.07, 6.45) is 5.86. The summed E-state index contributed by atoms with van der Waals surface area (Å²) in [6.45, 7) is 1.82. The number of hydrogen-bond acceptors (Lipinski definition) is 7. The van der Waals surface area contributed by atoms with Crippen LogP contribution >= 0.6 is 8.25 Å². The minimum absolute atomic E-state index is 0.155. The molecule has 0 aliphatic rings. The second kappa shape index (κ2) is 13.2. The number of hydrogen-bond donors (Lipinski definition) is 2. The molecule has 0 bridgehead atoms. The Labute approximate surface area is 188 Å². The second-order valence-electron chi connectivity index (χ2n) is 7.21. The first kappa shape index (κ1) is 24.2. The molecule has 0 radical (unpaired) electrons. The number of rotatable bonds is 15. The minimum atomic E-state index is -2.74. The van der Waals surface area contributed by atoms with Gasteiger partial charge in [0.05, 0.1) is 36.6 Å². The van der Waals surface area contributed by atoms with Crippen LogP contribution in [0, 0.1) is 0 Å². The van der Waals surface area contributed by atoms with Crippen LogP contribution in [0.15, 0.2) is 53.1 Å². The van der Waals surface area contributed by atoms with Crippen LogP contribution in [0.2, 0.25) is 0 Å². The lowest BCUT2D eigenvalue weighted by Crippen LogP contribution is -2.19. The third kappa shape index (κ3) is 7.58. The Balaban J connectivity index is 1.39. The fourth-order valence-electron chi connectivity index (χ4n) is 3.40. The molecule has 172 valence electrons. The highest BCUT2D eigenvalue weighted by molar-refractivity contribution is 7.31. The zero-order valence-corrected chi connectivity index (χ0v) is 19.0. The van der Waals surface area contributed by atoms with E-state index in [2.05, 4.69) is 27.0 Å². The maximum absolute atomic E-state index is 10.4.